The minimum Gasteiger partial charge on any atom is -0.480 e. The van der Waals surface area contributed by atoms with Crippen molar-refractivity contribution in [3.8, 4) is 0 Å². The molecule has 2 N–H and O–H groups in total. The summed E-state index contributed by atoms with van der Waals surface area (Å²) >= 11 is 0. The van der Waals surface area contributed by atoms with Gasteiger partial charge in [0.15, 0.2) is 0 Å². The van der Waals surface area contributed by atoms with Crippen LogP contribution < -0.4 is 4.72 Å². The normalized spacial score (nSPS) is 13.2. The Kier molecular flexibility index (Phi) is 6.79. The van der Waals surface area contributed by atoms with Crippen molar-refractivity contribution in [2.75, 3.05) is 13.7 Å². The molecule has 0 saturated heterocycles. The third kappa shape index (κ3) is 5.44. The minimum absolute atomic E-state index is 0.0543. The molecule has 0 amide bonds. The maximum absolute atomic E-state index is 12.1. The van der Waals surface area contributed by atoms with E-state index in [0.717, 1.165) is 6.42 Å². The van der Waals surface area contributed by atoms with E-state index in [4.69, 9.17) is 9.84 Å². The Labute approximate surface area is 124 Å². The maximum Gasteiger partial charge on any atom is 0.321 e. The Bertz CT molecular complexity index is 555. The van der Waals surface area contributed by atoms with Gasteiger partial charge in [0.05, 0.1) is 19.3 Å². The van der Waals surface area contributed by atoms with Gasteiger partial charge in [-0.3, -0.25) is 9.48 Å². The van der Waals surface area contributed by atoms with Gasteiger partial charge in [0.1, 0.15) is 10.9 Å². The van der Waals surface area contributed by atoms with E-state index >= 15 is 0 Å². The first-order chi connectivity index (χ1) is 9.90. The summed E-state index contributed by atoms with van der Waals surface area (Å²) in [5.41, 5.74) is 0. The number of carboxylic acids is 1. The zero-order valence-corrected chi connectivity index (χ0v) is 13.0. The zero-order valence-electron chi connectivity index (χ0n) is 12.2. The lowest BCUT2D eigenvalue weighted by Gasteiger charge is -2.13. The number of unbranched alkanes of at least 4 members (excludes halogenated alkanes) is 1. The number of carbonyl (C=O) groups is 1. The van der Waals surface area contributed by atoms with Crippen molar-refractivity contribution in [3.63, 3.8) is 0 Å². The number of rotatable bonds is 10. The van der Waals surface area contributed by atoms with E-state index in [1.165, 1.54) is 24.2 Å². The van der Waals surface area contributed by atoms with Crippen LogP contribution in [0.1, 0.15) is 26.2 Å². The van der Waals surface area contributed by atoms with Gasteiger partial charge in [-0.05, 0) is 6.42 Å². The van der Waals surface area contributed by atoms with Crippen molar-refractivity contribution in [2.24, 2.45) is 0 Å². The molecule has 9 heteroatoms. The summed E-state index contributed by atoms with van der Waals surface area (Å²) < 4.78 is 32.8. The Balaban J connectivity index is 2.79. The minimum atomic E-state index is -3.89. The summed E-state index contributed by atoms with van der Waals surface area (Å²) in [5, 5.41) is 13.0. The molecule has 120 valence electrons. The number of hydrogen-bond donors (Lipinski definition) is 2. The molecule has 1 heterocycles. The second-order valence-corrected chi connectivity index (χ2v) is 6.30. The summed E-state index contributed by atoms with van der Waals surface area (Å²) in [6, 6.07) is -1.13. The SMILES string of the molecule is CCCC[C@H](NS(=O)(=O)c1cnn(CCOC)c1)C(=O)O. The largest absolute Gasteiger partial charge is 0.480 e. The number of carboxylic acid groups (broad SMARTS) is 1. The van der Waals surface area contributed by atoms with Crippen LogP contribution in [-0.2, 0) is 26.1 Å². The van der Waals surface area contributed by atoms with E-state index in [-0.39, 0.29) is 11.3 Å². The molecular formula is C12H21N3O5S. The van der Waals surface area contributed by atoms with Gasteiger partial charge in [-0.1, -0.05) is 19.8 Å². The molecule has 0 aliphatic carbocycles. The first-order valence-corrected chi connectivity index (χ1v) is 8.15. The van der Waals surface area contributed by atoms with Crippen molar-refractivity contribution >= 4 is 16.0 Å². The van der Waals surface area contributed by atoms with Gasteiger partial charge in [0.2, 0.25) is 10.0 Å². The summed E-state index contributed by atoms with van der Waals surface area (Å²) in [6.07, 6.45) is 4.22. The van der Waals surface area contributed by atoms with Crippen LogP contribution in [0.5, 0.6) is 0 Å². The Morgan fingerprint density at radius 2 is 2.29 bits per heavy atom. The topological polar surface area (TPSA) is 111 Å². The number of ether oxygens (including phenoxy) is 1. The van der Waals surface area contributed by atoms with Gasteiger partial charge in [0, 0.05) is 13.3 Å². The van der Waals surface area contributed by atoms with Crippen molar-refractivity contribution in [3.05, 3.63) is 12.4 Å². The molecule has 8 nitrogen and oxygen atoms in total. The molecular weight excluding hydrogens is 298 g/mol. The third-order valence-corrected chi connectivity index (χ3v) is 4.31. The van der Waals surface area contributed by atoms with Crippen molar-refractivity contribution < 1.29 is 23.1 Å². The second kappa shape index (κ2) is 8.11. The summed E-state index contributed by atoms with van der Waals surface area (Å²) in [7, 11) is -2.36. The van der Waals surface area contributed by atoms with Gasteiger partial charge < -0.3 is 9.84 Å². The van der Waals surface area contributed by atoms with E-state index in [1.54, 1.807) is 0 Å². The molecule has 0 radical (unpaired) electrons. The fourth-order valence-electron chi connectivity index (χ4n) is 1.69. The number of aromatic nitrogens is 2. The molecule has 0 saturated carbocycles. The molecule has 0 fully saturated rings. The number of sulfonamides is 1. The molecule has 0 bridgehead atoms. The number of methoxy groups -OCH3 is 1. The quantitative estimate of drug-likeness (QED) is 0.648. The first kappa shape index (κ1) is 17.6. The zero-order chi connectivity index (χ0) is 15.9. The lowest BCUT2D eigenvalue weighted by atomic mass is 10.1. The standard InChI is InChI=1S/C12H21N3O5S/c1-3-4-5-11(12(16)17)14-21(18,19)10-8-13-15(9-10)6-7-20-2/h8-9,11,14H,3-7H2,1-2H3,(H,16,17)/t11-/m0/s1. The Morgan fingerprint density at radius 3 is 2.86 bits per heavy atom. The lowest BCUT2D eigenvalue weighted by molar-refractivity contribution is -0.139. The highest BCUT2D eigenvalue weighted by Gasteiger charge is 2.25. The van der Waals surface area contributed by atoms with Gasteiger partial charge >= 0.3 is 5.97 Å². The van der Waals surface area contributed by atoms with E-state index in [9.17, 15) is 13.2 Å². The summed E-state index contributed by atoms with van der Waals surface area (Å²) in [6.45, 7) is 2.74. The predicted octanol–water partition coefficient (Wildman–Crippen LogP) is 0.451. The van der Waals surface area contributed by atoms with Gasteiger partial charge in [-0.25, -0.2) is 8.42 Å². The van der Waals surface area contributed by atoms with Gasteiger partial charge in [-0.15, -0.1) is 0 Å². The summed E-state index contributed by atoms with van der Waals surface area (Å²) in [5.74, 6) is -1.18. The number of aliphatic carboxylic acids is 1. The molecule has 0 aliphatic rings. The molecule has 1 aromatic heterocycles. The fourth-order valence-corrected chi connectivity index (χ4v) is 2.86. The van der Waals surface area contributed by atoms with Crippen LogP contribution in [0.15, 0.2) is 17.3 Å². The van der Waals surface area contributed by atoms with Crippen LogP contribution in [0.3, 0.4) is 0 Å². The average molecular weight is 319 g/mol. The Hall–Kier alpha value is -1.45. The number of hydrogen-bond acceptors (Lipinski definition) is 5. The highest BCUT2D eigenvalue weighted by atomic mass is 32.2. The van der Waals surface area contributed by atoms with Gasteiger partial charge in [-0.2, -0.15) is 9.82 Å². The smallest absolute Gasteiger partial charge is 0.321 e. The number of nitrogens with zero attached hydrogens (tertiary/aromatic N) is 2. The monoisotopic (exact) mass is 319 g/mol. The molecule has 0 unspecified atom stereocenters. The van der Waals surface area contributed by atoms with E-state index in [0.29, 0.717) is 19.6 Å². The van der Waals surface area contributed by atoms with Crippen LogP contribution in [0.2, 0.25) is 0 Å². The second-order valence-electron chi connectivity index (χ2n) is 4.59. The Morgan fingerprint density at radius 1 is 1.57 bits per heavy atom. The number of nitrogens with one attached hydrogen (secondary N) is 1. The molecule has 21 heavy (non-hydrogen) atoms. The molecule has 0 aliphatic heterocycles. The highest BCUT2D eigenvalue weighted by molar-refractivity contribution is 7.89. The molecule has 0 aromatic carbocycles. The molecule has 0 spiro atoms. The lowest BCUT2D eigenvalue weighted by Crippen LogP contribution is -2.40. The van der Waals surface area contributed by atoms with Gasteiger partial charge in [0.25, 0.3) is 0 Å². The third-order valence-electron chi connectivity index (χ3n) is 2.89. The van der Waals surface area contributed by atoms with Crippen molar-refractivity contribution in [2.45, 2.75) is 43.7 Å². The molecule has 1 rings (SSSR count). The van der Waals surface area contributed by atoms with Crippen molar-refractivity contribution in [1.82, 2.24) is 14.5 Å². The van der Waals surface area contributed by atoms with Crippen LogP contribution in [0, 0.1) is 0 Å². The average Bonchev–Trinajstić information content (AvgIpc) is 2.90. The van der Waals surface area contributed by atoms with Crippen LogP contribution in [-0.4, -0.2) is 49.0 Å². The van der Waals surface area contributed by atoms with Crippen LogP contribution in [0.4, 0.5) is 0 Å². The molecule has 1 atom stereocenters. The predicted molar refractivity (Wildman–Crippen MR) is 75.4 cm³/mol. The fraction of sp³-hybridized carbons (Fsp3) is 0.667. The van der Waals surface area contributed by atoms with E-state index in [1.807, 2.05) is 6.92 Å². The van der Waals surface area contributed by atoms with Crippen LogP contribution >= 0.6 is 0 Å². The first-order valence-electron chi connectivity index (χ1n) is 6.67. The summed E-state index contributed by atoms with van der Waals surface area (Å²) in [4.78, 5) is 11.0. The highest BCUT2D eigenvalue weighted by Crippen LogP contribution is 2.10. The van der Waals surface area contributed by atoms with E-state index < -0.39 is 22.0 Å². The van der Waals surface area contributed by atoms with Crippen molar-refractivity contribution in [1.29, 1.82) is 0 Å². The molecule has 1 aromatic rings. The maximum atomic E-state index is 12.1. The van der Waals surface area contributed by atoms with E-state index in [2.05, 4.69) is 9.82 Å². The van der Waals surface area contributed by atoms with Crippen LogP contribution in [0.25, 0.3) is 0 Å².